The van der Waals surface area contributed by atoms with Gasteiger partial charge >= 0.3 is 12.1 Å². The molecule has 0 radical (unpaired) electrons. The second-order valence-corrected chi connectivity index (χ2v) is 13.3. The summed E-state index contributed by atoms with van der Waals surface area (Å²) < 4.78 is 27.7. The van der Waals surface area contributed by atoms with E-state index in [2.05, 4.69) is 26.6 Å². The number of carboxylic acids is 1. The first-order chi connectivity index (χ1) is 26.9. The summed E-state index contributed by atoms with van der Waals surface area (Å²) in [5.74, 6) is -7.57. The Bertz CT molecular complexity index is 1520. The van der Waals surface area contributed by atoms with Crippen LogP contribution in [0.4, 0.5) is 4.79 Å². The van der Waals surface area contributed by atoms with Crippen LogP contribution in [0.5, 0.6) is 0 Å². The van der Waals surface area contributed by atoms with Gasteiger partial charge in [-0.3, -0.25) is 19.2 Å². The molecule has 2 aliphatic heterocycles. The minimum Gasteiger partial charge on any atom is -0.477 e. The van der Waals surface area contributed by atoms with E-state index in [-0.39, 0.29) is 19.7 Å². The quantitative estimate of drug-likeness (QED) is 0.0580. The molecular formula is C34H51N5O18. The van der Waals surface area contributed by atoms with Gasteiger partial charge in [0.1, 0.15) is 55.3 Å². The molecule has 2 aliphatic rings. The smallest absolute Gasteiger partial charge is 0.407 e. The van der Waals surface area contributed by atoms with E-state index in [9.17, 15) is 64.5 Å². The molecule has 23 heteroatoms. The van der Waals surface area contributed by atoms with Gasteiger partial charge in [0.15, 0.2) is 6.29 Å². The zero-order chi connectivity index (χ0) is 42.4. The summed E-state index contributed by atoms with van der Waals surface area (Å²) in [6.45, 7) is 0.491. The van der Waals surface area contributed by atoms with Gasteiger partial charge in [-0.2, -0.15) is 0 Å². The van der Waals surface area contributed by atoms with Crippen molar-refractivity contribution in [2.45, 2.75) is 107 Å². The number of carboxylic acid groups (broad SMARTS) is 1. The van der Waals surface area contributed by atoms with E-state index in [0.717, 1.165) is 26.3 Å². The summed E-state index contributed by atoms with van der Waals surface area (Å²) in [4.78, 5) is 73.5. The second kappa shape index (κ2) is 21.8. The molecular weight excluding hydrogens is 766 g/mol. The van der Waals surface area contributed by atoms with E-state index in [0.29, 0.717) is 0 Å². The number of aliphatic carboxylic acids is 1. The second-order valence-electron chi connectivity index (χ2n) is 13.3. The minimum atomic E-state index is -2.84. The van der Waals surface area contributed by atoms with Crippen molar-refractivity contribution in [2.75, 3.05) is 32.9 Å². The summed E-state index contributed by atoms with van der Waals surface area (Å²) in [5.41, 5.74) is 0.758. The molecule has 57 heavy (non-hydrogen) atoms. The molecule has 1 aromatic carbocycles. The molecule has 0 spiro atoms. The van der Waals surface area contributed by atoms with Crippen molar-refractivity contribution in [1.82, 2.24) is 26.6 Å². The van der Waals surface area contributed by atoms with Crippen LogP contribution in [-0.2, 0) is 54.3 Å². The van der Waals surface area contributed by atoms with Crippen LogP contribution in [0.2, 0.25) is 0 Å². The Kier molecular flexibility index (Phi) is 17.9. The Morgan fingerprint density at radius 2 is 1.53 bits per heavy atom. The molecule has 0 saturated carbocycles. The molecule has 2 heterocycles. The van der Waals surface area contributed by atoms with Crippen molar-refractivity contribution in [3.05, 3.63) is 35.9 Å². The van der Waals surface area contributed by atoms with Crippen LogP contribution >= 0.6 is 0 Å². The zero-order valence-electron chi connectivity index (χ0n) is 31.3. The SMILES string of the molecule is CC(=O)N[C@H]1[C@@H](OC[C@H](NC(C)=O)C(=O)NCCNC(=O)OCc2ccccc2)O[C@H](CO[C@]2(C(=O)O)C[C@H](O)[C@@H](NC(C)=O)[C@H]([C@H](O)[C@H](O)CO)O2)[C@H](O)[C@@H]1O. The highest BCUT2D eigenvalue weighted by atomic mass is 16.7. The molecule has 5 amide bonds. The number of benzene rings is 1. The lowest BCUT2D eigenvalue weighted by atomic mass is 9.88. The fourth-order valence-corrected chi connectivity index (χ4v) is 5.96. The predicted molar refractivity (Wildman–Crippen MR) is 188 cm³/mol. The normalized spacial score (nSPS) is 28.8. The number of aliphatic hydroxyl groups excluding tert-OH is 6. The molecule has 1 aromatic rings. The number of aliphatic hydroxyl groups is 6. The average molecular weight is 818 g/mol. The molecule has 0 bridgehead atoms. The van der Waals surface area contributed by atoms with Gasteiger partial charge in [0.2, 0.25) is 23.6 Å². The van der Waals surface area contributed by atoms with Crippen molar-refractivity contribution in [2.24, 2.45) is 0 Å². The Balaban J connectivity index is 1.71. The fourth-order valence-electron chi connectivity index (χ4n) is 5.96. The fraction of sp³-hybridized carbons (Fsp3) is 0.647. The molecule has 0 aliphatic carbocycles. The van der Waals surface area contributed by atoms with Crippen molar-refractivity contribution < 1.29 is 88.2 Å². The largest absolute Gasteiger partial charge is 0.477 e. The highest BCUT2D eigenvalue weighted by Crippen LogP contribution is 2.35. The molecule has 2 fully saturated rings. The predicted octanol–water partition coefficient (Wildman–Crippen LogP) is -5.33. The molecule has 12 N–H and O–H groups in total. The van der Waals surface area contributed by atoms with Crippen molar-refractivity contribution in [3.8, 4) is 0 Å². The van der Waals surface area contributed by atoms with E-state index >= 15 is 0 Å². The number of hydrogen-bond acceptors (Lipinski definition) is 17. The van der Waals surface area contributed by atoms with Crippen molar-refractivity contribution in [3.63, 3.8) is 0 Å². The standard InChI is InChI=1S/C34H51N5O18/c1-16(41)37-20(30(49)35-9-10-36-33(52)54-13-19-7-5-4-6-8-19)14-53-31-25(39-18(3)43)28(48)27(47)23(56-31)15-55-34(32(50)51)11-21(44)24(38-17(2)42)29(57-34)26(46)22(45)12-40/h4-8,20-29,31,40,44-48H,9-15H2,1-3H3,(H,35,49)(H,36,52)(H,37,41)(H,38,42)(H,39,43)(H,50,51)/t20-,21-,22+,23+,24+,25+,26+,27-,28+,29+,31-,34+/m0/s1. The topological polar surface area (TPSA) is 350 Å². The number of hydrogen-bond donors (Lipinski definition) is 12. The van der Waals surface area contributed by atoms with Gasteiger partial charge in [0, 0.05) is 40.3 Å². The lowest BCUT2D eigenvalue weighted by Gasteiger charge is -2.47. The van der Waals surface area contributed by atoms with Gasteiger partial charge < -0.3 is 86.0 Å². The maximum atomic E-state index is 13.0. The lowest BCUT2D eigenvalue weighted by molar-refractivity contribution is -0.330. The number of rotatable bonds is 19. The van der Waals surface area contributed by atoms with Gasteiger partial charge in [-0.25, -0.2) is 9.59 Å². The Morgan fingerprint density at radius 1 is 0.895 bits per heavy atom. The summed E-state index contributed by atoms with van der Waals surface area (Å²) in [7, 11) is 0. The number of nitrogens with one attached hydrogen (secondary N) is 5. The van der Waals surface area contributed by atoms with Crippen LogP contribution in [-0.4, -0.2) is 177 Å². The van der Waals surface area contributed by atoms with E-state index in [1.807, 2.05) is 0 Å². The molecule has 0 unspecified atom stereocenters. The van der Waals surface area contributed by atoms with E-state index in [4.69, 9.17) is 23.7 Å². The third-order valence-corrected chi connectivity index (χ3v) is 8.77. The molecule has 0 aromatic heterocycles. The highest BCUT2D eigenvalue weighted by Gasteiger charge is 2.57. The number of alkyl carbamates (subject to hydrolysis) is 1. The van der Waals surface area contributed by atoms with Crippen LogP contribution in [0, 0.1) is 0 Å². The zero-order valence-corrected chi connectivity index (χ0v) is 31.3. The van der Waals surface area contributed by atoms with Gasteiger partial charge in [-0.05, 0) is 5.56 Å². The lowest BCUT2D eigenvalue weighted by Crippen LogP contribution is -2.69. The molecule has 12 atom stereocenters. The Hall–Kier alpha value is -4.56. The van der Waals surface area contributed by atoms with E-state index in [1.54, 1.807) is 30.3 Å². The number of ether oxygens (including phenoxy) is 5. The van der Waals surface area contributed by atoms with Crippen LogP contribution in [0.25, 0.3) is 0 Å². The van der Waals surface area contributed by atoms with Gasteiger partial charge in [-0.1, -0.05) is 30.3 Å². The maximum Gasteiger partial charge on any atom is 0.407 e. The molecule has 2 saturated heterocycles. The van der Waals surface area contributed by atoms with Crippen molar-refractivity contribution in [1.29, 1.82) is 0 Å². The van der Waals surface area contributed by atoms with E-state index in [1.165, 1.54) is 0 Å². The van der Waals surface area contributed by atoms with Crippen LogP contribution in [0.15, 0.2) is 30.3 Å². The maximum absolute atomic E-state index is 13.0. The molecule has 23 nitrogen and oxygen atoms in total. The monoisotopic (exact) mass is 817 g/mol. The van der Waals surface area contributed by atoms with Gasteiger partial charge in [-0.15, -0.1) is 0 Å². The summed E-state index contributed by atoms with van der Waals surface area (Å²) in [6, 6.07) is 4.50. The summed E-state index contributed by atoms with van der Waals surface area (Å²) >= 11 is 0. The number of amides is 5. The average Bonchev–Trinajstić information content (AvgIpc) is 3.16. The number of carbonyl (C=O) groups excluding carboxylic acids is 5. The van der Waals surface area contributed by atoms with Crippen LogP contribution in [0.3, 0.4) is 0 Å². The highest BCUT2D eigenvalue weighted by molar-refractivity contribution is 5.87. The molecule has 3 rings (SSSR count). The third-order valence-electron chi connectivity index (χ3n) is 8.77. The molecule has 320 valence electrons. The first-order valence-electron chi connectivity index (χ1n) is 17.8. The first-order valence-corrected chi connectivity index (χ1v) is 17.8. The van der Waals surface area contributed by atoms with Crippen LogP contribution < -0.4 is 26.6 Å². The Labute approximate surface area is 325 Å². The summed E-state index contributed by atoms with van der Waals surface area (Å²) in [6.07, 6.45) is -16.4. The Morgan fingerprint density at radius 3 is 2.12 bits per heavy atom. The summed E-state index contributed by atoms with van der Waals surface area (Å²) in [5, 5.41) is 85.1. The van der Waals surface area contributed by atoms with Crippen molar-refractivity contribution >= 4 is 35.7 Å². The van der Waals surface area contributed by atoms with E-state index < -0.39 is 135 Å². The minimum absolute atomic E-state index is 0.0150. The van der Waals surface area contributed by atoms with Crippen LogP contribution in [0.1, 0.15) is 32.8 Å². The van der Waals surface area contributed by atoms with Gasteiger partial charge in [0.05, 0.1) is 32.0 Å². The third kappa shape index (κ3) is 13.5. The first kappa shape index (κ1) is 46.8. The number of carbonyl (C=O) groups is 6. The van der Waals surface area contributed by atoms with Gasteiger partial charge in [0.25, 0.3) is 5.79 Å².